The van der Waals surface area contributed by atoms with Crippen molar-refractivity contribution in [3.8, 4) is 0 Å². The molecule has 1 fully saturated rings. The number of hydrogen-bond donors (Lipinski definition) is 0. The summed E-state index contributed by atoms with van der Waals surface area (Å²) in [6.45, 7) is 7.48. The number of hydrogen-bond acceptors (Lipinski definition) is 6. The van der Waals surface area contributed by atoms with Crippen molar-refractivity contribution >= 4 is 11.4 Å². The SMILES string of the molecule is CC(c1cccc([N+](=O)[O-])c1)N1CCN(C(C)c2cccc([N+](=O)[O-])c2)CC1. The van der Waals surface area contributed by atoms with Crippen LogP contribution < -0.4 is 0 Å². The molecule has 0 aliphatic carbocycles. The summed E-state index contributed by atoms with van der Waals surface area (Å²) in [4.78, 5) is 25.9. The fraction of sp³-hybridized carbons (Fsp3) is 0.400. The molecule has 8 nitrogen and oxygen atoms in total. The van der Waals surface area contributed by atoms with E-state index in [0.29, 0.717) is 0 Å². The van der Waals surface area contributed by atoms with Gasteiger partial charge in [-0.25, -0.2) is 0 Å². The number of non-ortho nitro benzene ring substituents is 2. The first-order valence-electron chi connectivity index (χ1n) is 9.33. The largest absolute Gasteiger partial charge is 0.294 e. The van der Waals surface area contributed by atoms with Gasteiger partial charge in [0, 0.05) is 62.5 Å². The van der Waals surface area contributed by atoms with Crippen molar-refractivity contribution in [1.82, 2.24) is 9.80 Å². The Labute approximate surface area is 163 Å². The fourth-order valence-electron chi connectivity index (χ4n) is 3.73. The lowest BCUT2D eigenvalue weighted by Crippen LogP contribution is -2.47. The highest BCUT2D eigenvalue weighted by Crippen LogP contribution is 2.28. The van der Waals surface area contributed by atoms with Crippen LogP contribution >= 0.6 is 0 Å². The molecule has 1 aliphatic heterocycles. The minimum absolute atomic E-state index is 0.0927. The van der Waals surface area contributed by atoms with Crippen LogP contribution in [0.15, 0.2) is 48.5 Å². The van der Waals surface area contributed by atoms with E-state index in [1.807, 2.05) is 12.1 Å². The van der Waals surface area contributed by atoms with Gasteiger partial charge in [0.05, 0.1) is 9.85 Å². The van der Waals surface area contributed by atoms with Crippen LogP contribution in [0, 0.1) is 20.2 Å². The molecule has 1 heterocycles. The van der Waals surface area contributed by atoms with Crippen LogP contribution in [0.2, 0.25) is 0 Å². The Bertz CT molecular complexity index is 793. The predicted octanol–water partition coefficient (Wildman–Crippen LogP) is 3.94. The van der Waals surface area contributed by atoms with Crippen molar-refractivity contribution in [1.29, 1.82) is 0 Å². The summed E-state index contributed by atoms with van der Waals surface area (Å²) in [6.07, 6.45) is 0. The van der Waals surface area contributed by atoms with Gasteiger partial charge in [0.15, 0.2) is 0 Å². The summed E-state index contributed by atoms with van der Waals surface area (Å²) in [5.41, 5.74) is 2.10. The molecule has 2 aromatic carbocycles. The summed E-state index contributed by atoms with van der Waals surface area (Å²) in [5.74, 6) is 0. The molecular weight excluding hydrogens is 360 g/mol. The third-order valence-electron chi connectivity index (χ3n) is 5.57. The molecule has 0 radical (unpaired) electrons. The van der Waals surface area contributed by atoms with E-state index in [1.165, 1.54) is 12.1 Å². The summed E-state index contributed by atoms with van der Waals surface area (Å²) >= 11 is 0. The van der Waals surface area contributed by atoms with Crippen LogP contribution in [0.25, 0.3) is 0 Å². The summed E-state index contributed by atoms with van der Waals surface area (Å²) in [7, 11) is 0. The minimum atomic E-state index is -0.366. The molecule has 1 aliphatic rings. The third-order valence-corrected chi connectivity index (χ3v) is 5.57. The molecule has 0 saturated carbocycles. The molecule has 0 amide bonds. The van der Waals surface area contributed by atoms with Crippen LogP contribution in [-0.4, -0.2) is 45.8 Å². The van der Waals surface area contributed by atoms with E-state index < -0.39 is 0 Å². The molecule has 0 bridgehead atoms. The Morgan fingerprint density at radius 1 is 0.750 bits per heavy atom. The zero-order chi connectivity index (χ0) is 20.3. The summed E-state index contributed by atoms with van der Waals surface area (Å²) in [5, 5.41) is 22.0. The fourth-order valence-corrected chi connectivity index (χ4v) is 3.73. The van der Waals surface area contributed by atoms with Crippen molar-refractivity contribution in [2.24, 2.45) is 0 Å². The quantitative estimate of drug-likeness (QED) is 0.553. The summed E-state index contributed by atoms with van der Waals surface area (Å²) in [6, 6.07) is 13.8. The molecule has 0 N–H and O–H groups in total. The van der Waals surface area contributed by atoms with Gasteiger partial charge in [-0.05, 0) is 25.0 Å². The van der Waals surface area contributed by atoms with Crippen LogP contribution in [0.5, 0.6) is 0 Å². The first-order valence-corrected chi connectivity index (χ1v) is 9.33. The minimum Gasteiger partial charge on any atom is -0.294 e. The lowest BCUT2D eigenvalue weighted by Gasteiger charge is -2.40. The molecule has 0 spiro atoms. The van der Waals surface area contributed by atoms with Gasteiger partial charge >= 0.3 is 0 Å². The average Bonchev–Trinajstić information content (AvgIpc) is 2.73. The molecule has 2 aromatic rings. The normalized spacial score (nSPS) is 17.8. The Kier molecular flexibility index (Phi) is 6.01. The van der Waals surface area contributed by atoms with Crippen LogP contribution in [0.3, 0.4) is 0 Å². The summed E-state index contributed by atoms with van der Waals surface area (Å²) < 4.78 is 0. The van der Waals surface area contributed by atoms with E-state index in [0.717, 1.165) is 37.3 Å². The van der Waals surface area contributed by atoms with Crippen molar-refractivity contribution in [3.63, 3.8) is 0 Å². The highest BCUT2D eigenvalue weighted by atomic mass is 16.6. The maximum absolute atomic E-state index is 11.0. The maximum atomic E-state index is 11.0. The van der Waals surface area contributed by atoms with Crippen molar-refractivity contribution in [3.05, 3.63) is 79.9 Å². The lowest BCUT2D eigenvalue weighted by atomic mass is 10.0. The van der Waals surface area contributed by atoms with Gasteiger partial charge in [0.25, 0.3) is 11.4 Å². The van der Waals surface area contributed by atoms with Gasteiger partial charge in [-0.3, -0.25) is 30.0 Å². The number of piperazine rings is 1. The molecule has 1 saturated heterocycles. The van der Waals surface area contributed by atoms with Crippen LogP contribution in [-0.2, 0) is 0 Å². The monoisotopic (exact) mass is 384 g/mol. The van der Waals surface area contributed by atoms with Gasteiger partial charge in [-0.2, -0.15) is 0 Å². The van der Waals surface area contributed by atoms with E-state index in [4.69, 9.17) is 0 Å². The second-order valence-electron chi connectivity index (χ2n) is 7.13. The topological polar surface area (TPSA) is 92.8 Å². The average molecular weight is 384 g/mol. The smallest absolute Gasteiger partial charge is 0.269 e. The zero-order valence-electron chi connectivity index (χ0n) is 16.0. The van der Waals surface area contributed by atoms with Gasteiger partial charge < -0.3 is 0 Å². The second-order valence-corrected chi connectivity index (χ2v) is 7.13. The van der Waals surface area contributed by atoms with E-state index in [9.17, 15) is 20.2 Å². The highest BCUT2D eigenvalue weighted by Gasteiger charge is 2.26. The Morgan fingerprint density at radius 2 is 1.11 bits per heavy atom. The third kappa shape index (κ3) is 4.35. The number of nitro groups is 2. The van der Waals surface area contributed by atoms with Crippen LogP contribution in [0.4, 0.5) is 11.4 Å². The Morgan fingerprint density at radius 3 is 1.43 bits per heavy atom. The number of benzene rings is 2. The number of nitro benzene ring substituents is 2. The highest BCUT2D eigenvalue weighted by molar-refractivity contribution is 5.36. The first-order chi connectivity index (χ1) is 13.4. The van der Waals surface area contributed by atoms with Crippen molar-refractivity contribution < 1.29 is 9.85 Å². The van der Waals surface area contributed by atoms with E-state index >= 15 is 0 Å². The molecule has 2 atom stereocenters. The predicted molar refractivity (Wildman–Crippen MR) is 106 cm³/mol. The lowest BCUT2D eigenvalue weighted by molar-refractivity contribution is -0.385. The van der Waals surface area contributed by atoms with Crippen LogP contribution in [0.1, 0.15) is 37.1 Å². The standard InChI is InChI=1S/C20H24N4O4/c1-15(17-5-3-7-19(13-17)23(25)26)21-9-11-22(12-10-21)16(2)18-6-4-8-20(14-18)24(27)28/h3-8,13-16H,9-12H2,1-2H3. The van der Waals surface area contributed by atoms with E-state index in [1.54, 1.807) is 24.3 Å². The molecule has 2 unspecified atom stereocenters. The van der Waals surface area contributed by atoms with Gasteiger partial charge in [-0.15, -0.1) is 0 Å². The Balaban J connectivity index is 1.64. The van der Waals surface area contributed by atoms with Gasteiger partial charge in [-0.1, -0.05) is 24.3 Å². The zero-order valence-corrected chi connectivity index (χ0v) is 16.0. The van der Waals surface area contributed by atoms with Gasteiger partial charge in [0.2, 0.25) is 0 Å². The molecule has 0 aromatic heterocycles. The molecular formula is C20H24N4O4. The second kappa shape index (κ2) is 8.45. The maximum Gasteiger partial charge on any atom is 0.269 e. The number of nitrogens with zero attached hydrogens (tertiary/aromatic N) is 4. The van der Waals surface area contributed by atoms with E-state index in [2.05, 4.69) is 23.6 Å². The molecule has 28 heavy (non-hydrogen) atoms. The molecule has 8 heteroatoms. The molecule has 3 rings (SSSR count). The van der Waals surface area contributed by atoms with Crippen molar-refractivity contribution in [2.75, 3.05) is 26.2 Å². The van der Waals surface area contributed by atoms with E-state index in [-0.39, 0.29) is 33.3 Å². The van der Waals surface area contributed by atoms with Crippen molar-refractivity contribution in [2.45, 2.75) is 25.9 Å². The van der Waals surface area contributed by atoms with Gasteiger partial charge in [0.1, 0.15) is 0 Å². The molecule has 148 valence electrons. The Hall–Kier alpha value is -2.84. The first kappa shape index (κ1) is 19.9. The number of rotatable bonds is 6.